The SMILES string of the molecule is CC(C)(C)C1CCC(C(=O)OCC(=O)Nc2ccc3ccccc3c2)CC1. The molecule has 27 heavy (non-hydrogen) atoms. The largest absolute Gasteiger partial charge is 0.455 e. The lowest BCUT2D eigenvalue weighted by Crippen LogP contribution is -2.31. The molecular formula is C23H29NO3. The van der Waals surface area contributed by atoms with Crippen molar-refractivity contribution >= 4 is 28.3 Å². The number of ether oxygens (including phenoxy) is 1. The van der Waals surface area contributed by atoms with Gasteiger partial charge in [0.2, 0.25) is 0 Å². The molecule has 0 unspecified atom stereocenters. The molecule has 0 bridgehead atoms. The lowest BCUT2D eigenvalue weighted by atomic mass is 9.70. The highest BCUT2D eigenvalue weighted by Crippen LogP contribution is 2.40. The Balaban J connectivity index is 1.46. The maximum absolute atomic E-state index is 12.3. The molecule has 0 heterocycles. The van der Waals surface area contributed by atoms with Gasteiger partial charge in [0, 0.05) is 5.69 Å². The highest BCUT2D eigenvalue weighted by atomic mass is 16.5. The van der Waals surface area contributed by atoms with Crippen LogP contribution in [0.25, 0.3) is 10.8 Å². The topological polar surface area (TPSA) is 55.4 Å². The van der Waals surface area contributed by atoms with Crippen LogP contribution in [0.4, 0.5) is 5.69 Å². The molecule has 2 aromatic carbocycles. The summed E-state index contributed by atoms with van der Waals surface area (Å²) in [6.07, 6.45) is 3.80. The number of carbonyl (C=O) groups is 2. The average molecular weight is 367 g/mol. The Morgan fingerprint density at radius 1 is 1.00 bits per heavy atom. The summed E-state index contributed by atoms with van der Waals surface area (Å²) < 4.78 is 5.27. The van der Waals surface area contributed by atoms with E-state index in [1.165, 1.54) is 0 Å². The summed E-state index contributed by atoms with van der Waals surface area (Å²) in [6, 6.07) is 13.7. The van der Waals surface area contributed by atoms with E-state index in [2.05, 4.69) is 26.1 Å². The summed E-state index contributed by atoms with van der Waals surface area (Å²) in [5, 5.41) is 4.98. The zero-order chi connectivity index (χ0) is 19.4. The van der Waals surface area contributed by atoms with Crippen molar-refractivity contribution in [2.75, 3.05) is 11.9 Å². The second-order valence-corrected chi connectivity index (χ2v) is 8.63. The van der Waals surface area contributed by atoms with E-state index in [-0.39, 0.29) is 29.8 Å². The molecule has 0 aromatic heterocycles. The Labute approximate surface area is 161 Å². The molecule has 0 spiro atoms. The standard InChI is InChI=1S/C23H29NO3/c1-23(2,3)19-11-8-17(9-12-19)22(26)27-15-21(25)24-20-13-10-16-6-4-5-7-18(16)14-20/h4-7,10,13-14,17,19H,8-9,11-12,15H2,1-3H3,(H,24,25). The van der Waals surface area contributed by atoms with E-state index >= 15 is 0 Å². The van der Waals surface area contributed by atoms with Gasteiger partial charge in [0.05, 0.1) is 5.92 Å². The predicted molar refractivity (Wildman–Crippen MR) is 108 cm³/mol. The van der Waals surface area contributed by atoms with Crippen LogP contribution in [0, 0.1) is 17.3 Å². The van der Waals surface area contributed by atoms with Crippen molar-refractivity contribution in [3.8, 4) is 0 Å². The smallest absolute Gasteiger partial charge is 0.309 e. The zero-order valence-corrected chi connectivity index (χ0v) is 16.5. The highest BCUT2D eigenvalue weighted by Gasteiger charge is 2.33. The molecule has 4 nitrogen and oxygen atoms in total. The molecule has 0 atom stereocenters. The number of anilines is 1. The Morgan fingerprint density at radius 2 is 1.67 bits per heavy atom. The number of fused-ring (bicyclic) bond motifs is 1. The monoisotopic (exact) mass is 367 g/mol. The minimum atomic E-state index is -0.304. The van der Waals surface area contributed by atoms with Crippen LogP contribution in [0.15, 0.2) is 42.5 Å². The summed E-state index contributed by atoms with van der Waals surface area (Å²) in [5.74, 6) is 0.0350. The van der Waals surface area contributed by atoms with E-state index in [0.717, 1.165) is 36.5 Å². The zero-order valence-electron chi connectivity index (χ0n) is 16.5. The van der Waals surface area contributed by atoms with E-state index < -0.39 is 0 Å². The second-order valence-electron chi connectivity index (χ2n) is 8.63. The van der Waals surface area contributed by atoms with Gasteiger partial charge in [-0.3, -0.25) is 9.59 Å². The molecule has 0 saturated heterocycles. The average Bonchev–Trinajstić information content (AvgIpc) is 2.65. The number of carbonyl (C=O) groups excluding carboxylic acids is 2. The fourth-order valence-electron chi connectivity index (χ4n) is 3.91. The quantitative estimate of drug-likeness (QED) is 0.758. The van der Waals surface area contributed by atoms with Crippen LogP contribution in [0.5, 0.6) is 0 Å². The van der Waals surface area contributed by atoms with Crippen LogP contribution in [0.1, 0.15) is 46.5 Å². The maximum Gasteiger partial charge on any atom is 0.309 e. The van der Waals surface area contributed by atoms with Gasteiger partial charge in [0.15, 0.2) is 6.61 Å². The third-order valence-corrected chi connectivity index (χ3v) is 5.66. The van der Waals surface area contributed by atoms with Gasteiger partial charge in [-0.15, -0.1) is 0 Å². The van der Waals surface area contributed by atoms with Crippen LogP contribution in [0.3, 0.4) is 0 Å². The van der Waals surface area contributed by atoms with E-state index in [4.69, 9.17) is 4.74 Å². The van der Waals surface area contributed by atoms with Crippen LogP contribution < -0.4 is 5.32 Å². The third kappa shape index (κ3) is 5.09. The summed E-state index contributed by atoms with van der Waals surface area (Å²) in [5.41, 5.74) is 0.995. The molecular weight excluding hydrogens is 338 g/mol. The molecule has 1 amide bonds. The first-order chi connectivity index (χ1) is 12.8. The molecule has 2 aromatic rings. The molecule has 1 saturated carbocycles. The molecule has 1 fully saturated rings. The number of hydrogen-bond acceptors (Lipinski definition) is 3. The van der Waals surface area contributed by atoms with Crippen molar-refractivity contribution in [1.29, 1.82) is 0 Å². The Kier molecular flexibility index (Phi) is 5.83. The summed E-state index contributed by atoms with van der Waals surface area (Å²) >= 11 is 0. The van der Waals surface area contributed by atoms with Crippen molar-refractivity contribution in [2.24, 2.45) is 17.3 Å². The van der Waals surface area contributed by atoms with Crippen molar-refractivity contribution in [3.05, 3.63) is 42.5 Å². The molecule has 3 rings (SSSR count). The number of esters is 1. The second kappa shape index (κ2) is 8.12. The van der Waals surface area contributed by atoms with Gasteiger partial charge < -0.3 is 10.1 Å². The van der Waals surface area contributed by atoms with Gasteiger partial charge in [-0.05, 0) is 59.9 Å². The van der Waals surface area contributed by atoms with Crippen LogP contribution in [-0.4, -0.2) is 18.5 Å². The first kappa shape index (κ1) is 19.4. The molecule has 0 radical (unpaired) electrons. The molecule has 1 aliphatic carbocycles. The maximum atomic E-state index is 12.3. The number of hydrogen-bond donors (Lipinski definition) is 1. The van der Waals surface area contributed by atoms with Gasteiger partial charge in [-0.2, -0.15) is 0 Å². The Morgan fingerprint density at radius 3 is 2.33 bits per heavy atom. The number of benzene rings is 2. The fraction of sp³-hybridized carbons (Fsp3) is 0.478. The van der Waals surface area contributed by atoms with Gasteiger partial charge in [-0.1, -0.05) is 51.1 Å². The number of nitrogens with one attached hydrogen (secondary N) is 1. The van der Waals surface area contributed by atoms with Gasteiger partial charge in [-0.25, -0.2) is 0 Å². The van der Waals surface area contributed by atoms with E-state index in [0.29, 0.717) is 11.6 Å². The van der Waals surface area contributed by atoms with Crippen molar-refractivity contribution in [2.45, 2.75) is 46.5 Å². The third-order valence-electron chi connectivity index (χ3n) is 5.66. The van der Waals surface area contributed by atoms with Gasteiger partial charge >= 0.3 is 5.97 Å². The van der Waals surface area contributed by atoms with E-state index in [1.807, 2.05) is 42.5 Å². The summed E-state index contributed by atoms with van der Waals surface area (Å²) in [7, 11) is 0. The lowest BCUT2D eigenvalue weighted by Gasteiger charge is -2.36. The number of rotatable bonds is 4. The molecule has 0 aliphatic heterocycles. The van der Waals surface area contributed by atoms with E-state index in [1.54, 1.807) is 0 Å². The van der Waals surface area contributed by atoms with Crippen LogP contribution in [-0.2, 0) is 14.3 Å². The normalized spacial score (nSPS) is 20.3. The summed E-state index contributed by atoms with van der Waals surface area (Å²) in [6.45, 7) is 6.54. The molecule has 1 N–H and O–H groups in total. The van der Waals surface area contributed by atoms with Gasteiger partial charge in [0.25, 0.3) is 5.91 Å². The summed E-state index contributed by atoms with van der Waals surface area (Å²) in [4.78, 5) is 24.4. The van der Waals surface area contributed by atoms with E-state index in [9.17, 15) is 9.59 Å². The van der Waals surface area contributed by atoms with Gasteiger partial charge in [0.1, 0.15) is 0 Å². The minimum Gasteiger partial charge on any atom is -0.455 e. The molecule has 4 heteroatoms. The predicted octanol–water partition coefficient (Wildman–Crippen LogP) is 5.17. The van der Waals surface area contributed by atoms with Crippen molar-refractivity contribution in [1.82, 2.24) is 0 Å². The van der Waals surface area contributed by atoms with Crippen molar-refractivity contribution in [3.63, 3.8) is 0 Å². The Bertz CT molecular complexity index is 814. The molecule has 1 aliphatic rings. The Hall–Kier alpha value is -2.36. The number of amides is 1. The molecule has 144 valence electrons. The first-order valence-corrected chi connectivity index (χ1v) is 9.78. The minimum absolute atomic E-state index is 0.0722. The van der Waals surface area contributed by atoms with Crippen LogP contribution in [0.2, 0.25) is 0 Å². The van der Waals surface area contributed by atoms with Crippen LogP contribution >= 0.6 is 0 Å². The fourth-order valence-corrected chi connectivity index (χ4v) is 3.91. The highest BCUT2D eigenvalue weighted by molar-refractivity contribution is 5.95. The van der Waals surface area contributed by atoms with Crippen molar-refractivity contribution < 1.29 is 14.3 Å². The first-order valence-electron chi connectivity index (χ1n) is 9.78. The lowest BCUT2D eigenvalue weighted by molar-refractivity contribution is -0.153.